The first-order chi connectivity index (χ1) is 14.2. The lowest BCUT2D eigenvalue weighted by molar-refractivity contribution is 0.288. The van der Waals surface area contributed by atoms with E-state index in [4.69, 9.17) is 5.26 Å². The summed E-state index contributed by atoms with van der Waals surface area (Å²) in [6.07, 6.45) is 9.00. The van der Waals surface area contributed by atoms with Crippen LogP contribution in [-0.4, -0.2) is 56.5 Å². The molecule has 0 aromatic carbocycles. The van der Waals surface area contributed by atoms with Crippen LogP contribution < -0.4 is 10.2 Å². The average Bonchev–Trinajstić information content (AvgIpc) is 3.13. The summed E-state index contributed by atoms with van der Waals surface area (Å²) in [7, 11) is 0. The van der Waals surface area contributed by atoms with E-state index >= 15 is 0 Å². The van der Waals surface area contributed by atoms with Crippen LogP contribution >= 0.6 is 0 Å². The number of aryl methyl sites for hydroxylation is 1. The molecule has 4 rings (SSSR count). The van der Waals surface area contributed by atoms with Gasteiger partial charge < -0.3 is 20.1 Å². The van der Waals surface area contributed by atoms with Crippen LogP contribution in [0.1, 0.15) is 18.1 Å². The van der Waals surface area contributed by atoms with E-state index in [1.807, 2.05) is 24.5 Å². The van der Waals surface area contributed by atoms with E-state index in [-0.39, 0.29) is 6.04 Å². The van der Waals surface area contributed by atoms with Gasteiger partial charge in [-0.05, 0) is 37.1 Å². The molecule has 9 heteroatoms. The van der Waals surface area contributed by atoms with Crippen molar-refractivity contribution in [3.63, 3.8) is 0 Å². The zero-order chi connectivity index (χ0) is 20.2. The smallest absolute Gasteiger partial charge is 0.210 e. The molecule has 3 aromatic rings. The quantitative estimate of drug-likeness (QED) is 0.399. The summed E-state index contributed by atoms with van der Waals surface area (Å²) < 4.78 is 0. The number of nitrogens with zero attached hydrogens (tertiary/aromatic N) is 7. The third-order valence-electron chi connectivity index (χ3n) is 5.20. The molecule has 148 valence electrons. The highest BCUT2D eigenvalue weighted by atomic mass is 15.4. The van der Waals surface area contributed by atoms with Gasteiger partial charge in [-0.1, -0.05) is 0 Å². The number of aromatic amines is 1. The first kappa shape index (κ1) is 18.7. The van der Waals surface area contributed by atoms with Crippen molar-refractivity contribution in [1.82, 2.24) is 30.2 Å². The first-order valence-corrected chi connectivity index (χ1v) is 9.57. The third-order valence-corrected chi connectivity index (χ3v) is 5.20. The minimum absolute atomic E-state index is 0.157. The number of H-pyrrole nitrogens is 1. The molecular weight excluding hydrogens is 366 g/mol. The summed E-state index contributed by atoms with van der Waals surface area (Å²) in [6.45, 7) is 7.08. The fourth-order valence-corrected chi connectivity index (χ4v) is 3.74. The molecule has 0 spiro atoms. The molecule has 29 heavy (non-hydrogen) atoms. The zero-order valence-corrected chi connectivity index (χ0v) is 16.5. The zero-order valence-electron chi connectivity index (χ0n) is 16.5. The molecule has 1 fully saturated rings. The number of piperazine rings is 1. The van der Waals surface area contributed by atoms with Gasteiger partial charge in [0, 0.05) is 50.8 Å². The summed E-state index contributed by atoms with van der Waals surface area (Å²) in [5.41, 5.74) is 3.08. The fourth-order valence-electron chi connectivity index (χ4n) is 3.74. The van der Waals surface area contributed by atoms with Crippen molar-refractivity contribution >= 4 is 22.8 Å². The molecular formula is C20H23N9. The number of nitrogens with one attached hydrogen (secondary N) is 2. The van der Waals surface area contributed by atoms with Crippen molar-refractivity contribution in [2.45, 2.75) is 26.4 Å². The van der Waals surface area contributed by atoms with Gasteiger partial charge in [-0.25, -0.2) is 9.97 Å². The molecule has 0 aliphatic carbocycles. The number of anilines is 1. The van der Waals surface area contributed by atoms with Gasteiger partial charge >= 0.3 is 0 Å². The summed E-state index contributed by atoms with van der Waals surface area (Å²) >= 11 is 0. The number of aliphatic imine (C=N–C) groups is 1. The lowest BCUT2D eigenvalue weighted by Gasteiger charge is -2.41. The Morgan fingerprint density at radius 1 is 1.34 bits per heavy atom. The predicted molar refractivity (Wildman–Crippen MR) is 111 cm³/mol. The second kappa shape index (κ2) is 8.14. The van der Waals surface area contributed by atoms with E-state index in [2.05, 4.69) is 53.9 Å². The van der Waals surface area contributed by atoms with Crippen LogP contribution in [0.4, 0.5) is 5.82 Å². The number of guanidine groups is 1. The number of rotatable bonds is 3. The number of aromatic nitrogens is 4. The Morgan fingerprint density at radius 2 is 2.17 bits per heavy atom. The van der Waals surface area contributed by atoms with Crippen molar-refractivity contribution in [2.24, 2.45) is 4.99 Å². The van der Waals surface area contributed by atoms with Crippen LogP contribution in [0.3, 0.4) is 0 Å². The van der Waals surface area contributed by atoms with Crippen LogP contribution in [-0.2, 0) is 6.54 Å². The summed E-state index contributed by atoms with van der Waals surface area (Å²) in [5, 5.41) is 13.5. The third kappa shape index (κ3) is 3.82. The molecule has 0 amide bonds. The predicted octanol–water partition coefficient (Wildman–Crippen LogP) is 1.80. The van der Waals surface area contributed by atoms with E-state index in [0.29, 0.717) is 12.5 Å². The Morgan fingerprint density at radius 3 is 2.93 bits per heavy atom. The van der Waals surface area contributed by atoms with Crippen LogP contribution in [0.15, 0.2) is 42.0 Å². The van der Waals surface area contributed by atoms with Gasteiger partial charge in [0.25, 0.3) is 0 Å². The molecule has 0 radical (unpaired) electrons. The second-order valence-electron chi connectivity index (χ2n) is 7.13. The molecule has 1 aliphatic rings. The van der Waals surface area contributed by atoms with Crippen molar-refractivity contribution in [3.05, 3.63) is 48.2 Å². The summed E-state index contributed by atoms with van der Waals surface area (Å²) in [4.78, 5) is 24.6. The van der Waals surface area contributed by atoms with Crippen LogP contribution in [0.25, 0.3) is 11.0 Å². The van der Waals surface area contributed by atoms with Crippen molar-refractivity contribution < 1.29 is 0 Å². The highest BCUT2D eigenvalue weighted by Gasteiger charge is 2.28. The number of nitriles is 1. The van der Waals surface area contributed by atoms with E-state index in [0.717, 1.165) is 47.6 Å². The second-order valence-corrected chi connectivity index (χ2v) is 7.13. The van der Waals surface area contributed by atoms with Gasteiger partial charge in [-0.15, -0.1) is 4.99 Å². The molecule has 9 nitrogen and oxygen atoms in total. The van der Waals surface area contributed by atoms with Crippen molar-refractivity contribution in [1.29, 1.82) is 5.26 Å². The standard InChI is InChI=1S/C20H23N9/c1-14-9-23-18-17(14)19(27-13-26-18)28-7-8-29(15(2)11-28)20(25-12-21)24-10-16-3-5-22-6-4-16/h3-6,9,13,15H,7-8,10-11H2,1-2H3,(H,24,25)(H,23,26,27). The van der Waals surface area contributed by atoms with Gasteiger partial charge in [0.15, 0.2) is 0 Å². The summed E-state index contributed by atoms with van der Waals surface area (Å²) in [5.74, 6) is 1.55. The van der Waals surface area contributed by atoms with Gasteiger partial charge in [0.05, 0.1) is 5.39 Å². The van der Waals surface area contributed by atoms with E-state index in [9.17, 15) is 0 Å². The summed E-state index contributed by atoms with van der Waals surface area (Å²) in [6, 6.07) is 4.04. The largest absolute Gasteiger partial charge is 0.352 e. The minimum Gasteiger partial charge on any atom is -0.352 e. The van der Waals surface area contributed by atoms with Crippen LogP contribution in [0.5, 0.6) is 0 Å². The van der Waals surface area contributed by atoms with Gasteiger partial charge in [0.1, 0.15) is 17.8 Å². The molecule has 1 aliphatic heterocycles. The number of fused-ring (bicyclic) bond motifs is 1. The fraction of sp³-hybridized carbons (Fsp3) is 0.350. The lowest BCUT2D eigenvalue weighted by atomic mass is 10.1. The van der Waals surface area contributed by atoms with Crippen LogP contribution in [0, 0.1) is 18.4 Å². The monoisotopic (exact) mass is 389 g/mol. The highest BCUT2D eigenvalue weighted by molar-refractivity contribution is 5.90. The maximum atomic E-state index is 9.16. The Hall–Kier alpha value is -3.67. The van der Waals surface area contributed by atoms with Gasteiger partial charge in [-0.2, -0.15) is 5.26 Å². The Labute approximate surface area is 169 Å². The molecule has 4 heterocycles. The molecule has 3 aromatic heterocycles. The van der Waals surface area contributed by atoms with Gasteiger partial charge in [-0.3, -0.25) is 4.98 Å². The average molecular weight is 389 g/mol. The Balaban J connectivity index is 1.49. The van der Waals surface area contributed by atoms with E-state index in [1.165, 1.54) is 0 Å². The molecule has 0 saturated carbocycles. The lowest BCUT2D eigenvalue weighted by Crippen LogP contribution is -2.57. The highest BCUT2D eigenvalue weighted by Crippen LogP contribution is 2.27. The van der Waals surface area contributed by atoms with Crippen molar-refractivity contribution in [3.8, 4) is 6.19 Å². The maximum absolute atomic E-state index is 9.16. The molecule has 1 saturated heterocycles. The van der Waals surface area contributed by atoms with Crippen molar-refractivity contribution in [2.75, 3.05) is 24.5 Å². The minimum atomic E-state index is 0.157. The maximum Gasteiger partial charge on any atom is 0.210 e. The Bertz CT molecular complexity index is 1050. The molecule has 1 unspecified atom stereocenters. The van der Waals surface area contributed by atoms with E-state index < -0.39 is 0 Å². The normalized spacial score (nSPS) is 17.4. The topological polar surface area (TPSA) is 109 Å². The first-order valence-electron chi connectivity index (χ1n) is 9.57. The van der Waals surface area contributed by atoms with Crippen LogP contribution in [0.2, 0.25) is 0 Å². The van der Waals surface area contributed by atoms with E-state index in [1.54, 1.807) is 18.7 Å². The SMILES string of the molecule is Cc1c[nH]c2ncnc(N3CCN(C(=NC#N)NCc4ccncc4)C(C)C3)c12. The molecule has 0 bridgehead atoms. The van der Waals surface area contributed by atoms with Gasteiger partial charge in [0.2, 0.25) is 12.2 Å². The Kier molecular flexibility index (Phi) is 5.24. The molecule has 1 atom stereocenters. The number of hydrogen-bond donors (Lipinski definition) is 2. The molecule has 2 N–H and O–H groups in total. The number of pyridine rings is 1. The number of hydrogen-bond acceptors (Lipinski definition) is 6.